The fourth-order valence-corrected chi connectivity index (χ4v) is 9.89. The third-order valence-corrected chi connectivity index (χ3v) is 14.7. The van der Waals surface area contributed by atoms with Crippen LogP contribution in [0.4, 0.5) is 5.69 Å². The number of carbonyl (C=O) groups is 3. The Morgan fingerprint density at radius 3 is 2.53 bits per heavy atom. The third kappa shape index (κ3) is 8.08. The van der Waals surface area contributed by atoms with Crippen LogP contribution in [0.5, 0.6) is 11.5 Å². The fraction of sp³-hybridized carbons (Fsp3) is 0.435. The van der Waals surface area contributed by atoms with Crippen molar-refractivity contribution in [2.45, 2.75) is 101 Å². The van der Waals surface area contributed by atoms with Crippen molar-refractivity contribution in [3.63, 3.8) is 0 Å². The molecule has 2 aliphatic carbocycles. The summed E-state index contributed by atoms with van der Waals surface area (Å²) >= 11 is 0. The number of nitrogens with zero attached hydrogens (tertiary/aromatic N) is 2. The lowest BCUT2D eigenvalue weighted by Gasteiger charge is -2.30. The van der Waals surface area contributed by atoms with Gasteiger partial charge in [-0.05, 0) is 88.1 Å². The Morgan fingerprint density at radius 2 is 1.78 bits per heavy atom. The van der Waals surface area contributed by atoms with Crippen molar-refractivity contribution in [2.75, 3.05) is 19.0 Å². The van der Waals surface area contributed by atoms with Crippen molar-refractivity contribution in [1.82, 2.24) is 14.6 Å². The average Bonchev–Trinajstić information content (AvgIpc) is 4.09. The van der Waals surface area contributed by atoms with Gasteiger partial charge in [-0.2, -0.15) is 0 Å². The van der Waals surface area contributed by atoms with Crippen molar-refractivity contribution in [3.8, 4) is 22.8 Å². The number of ketones is 1. The molecule has 2 N–H and O–H groups in total. The van der Waals surface area contributed by atoms with E-state index in [1.54, 1.807) is 18.9 Å². The molecular weight excluding hydrogens is 753 g/mol. The summed E-state index contributed by atoms with van der Waals surface area (Å²) in [6.07, 6.45) is 8.78. The van der Waals surface area contributed by atoms with Gasteiger partial charge in [-0.15, -0.1) is 0 Å². The number of hydrogen-bond donors (Lipinski definition) is 2. The highest BCUT2D eigenvalue weighted by Crippen LogP contribution is 2.57. The first kappa shape index (κ1) is 39.6. The molecule has 3 fully saturated rings. The molecule has 12 heteroatoms. The Balaban J connectivity index is 1.14. The number of aromatic nitrogens is 1. The first-order chi connectivity index (χ1) is 27.9. The lowest BCUT2D eigenvalue weighted by atomic mass is 9.91. The van der Waals surface area contributed by atoms with Crippen LogP contribution in [0.15, 0.2) is 91.0 Å². The molecule has 0 bridgehead atoms. The highest BCUT2D eigenvalue weighted by molar-refractivity contribution is 7.91. The molecule has 1 aromatic heterocycles. The first-order valence-corrected chi connectivity index (χ1v) is 22.0. The van der Waals surface area contributed by atoms with Crippen molar-refractivity contribution in [1.29, 1.82) is 0 Å². The number of anilines is 1. The van der Waals surface area contributed by atoms with Gasteiger partial charge in [-0.25, -0.2) is 13.4 Å². The SMILES string of the molecule is COc1ccc2c(O[C@@H]3C[C@H]4C(=O)C[C@]5(C(=O)NS(=O)(=O)C6(C)CC6)C[C@@H]5/C=C\CCCCC[C@H](Nc5cccc(C)c5)C(=O)N4C3)cc(-c3ccccc3)nc2c1. The number of Topliss-reactive ketones (excluding diaryl/α,β-unsaturated/α-hetero) is 1. The number of ether oxygens (including phenoxy) is 2. The molecule has 2 aliphatic heterocycles. The van der Waals surface area contributed by atoms with Gasteiger partial charge in [-0.1, -0.05) is 67.5 Å². The van der Waals surface area contributed by atoms with E-state index in [9.17, 15) is 22.8 Å². The Morgan fingerprint density at radius 1 is 0.966 bits per heavy atom. The minimum Gasteiger partial charge on any atom is -0.497 e. The van der Waals surface area contributed by atoms with E-state index in [1.165, 1.54) is 0 Å². The number of rotatable bonds is 9. The number of pyridine rings is 1. The molecule has 4 aromatic rings. The van der Waals surface area contributed by atoms with Crippen LogP contribution in [0.3, 0.4) is 0 Å². The number of carbonyl (C=O) groups excluding carboxylic acids is 3. The standard InChI is InChI=1S/C46H52N4O7S/c1-30-13-12-17-33(23-30)47-37-18-11-6-4-5-10-16-32-27-46(32,44(53)49-58(54,55)45(2)21-22-45)28-41(51)40-25-35(29-50(40)43(37)52)57-42-26-38(31-14-8-7-9-15-31)48-39-24-34(56-3)19-20-36(39)42/h7-10,12-17,19-20,23-24,26,32,35,37,40,47H,4-6,11,18,21-22,25,27-29H2,1-3H3,(H,49,53)/b16-10-/t32-,35+,37-,40-,46+/m0/s1. The quantitative estimate of drug-likeness (QED) is 0.164. The molecule has 4 aliphatic rings. The minimum atomic E-state index is -3.93. The molecule has 2 saturated carbocycles. The molecule has 3 heterocycles. The summed E-state index contributed by atoms with van der Waals surface area (Å²) in [7, 11) is -2.32. The number of allylic oxidation sites excluding steroid dienone is 2. The smallest absolute Gasteiger partial charge is 0.245 e. The minimum absolute atomic E-state index is 0.150. The summed E-state index contributed by atoms with van der Waals surface area (Å²) in [5.74, 6) is -0.189. The van der Waals surface area contributed by atoms with Crippen LogP contribution in [-0.2, 0) is 24.4 Å². The van der Waals surface area contributed by atoms with Crippen LogP contribution >= 0.6 is 0 Å². The molecule has 0 spiro atoms. The maximum atomic E-state index is 14.9. The van der Waals surface area contributed by atoms with Gasteiger partial charge in [0, 0.05) is 41.6 Å². The number of aryl methyl sites for hydroxylation is 1. The number of amides is 2. The molecule has 58 heavy (non-hydrogen) atoms. The second kappa shape index (κ2) is 15.8. The van der Waals surface area contributed by atoms with Crippen LogP contribution < -0.4 is 19.5 Å². The summed E-state index contributed by atoms with van der Waals surface area (Å²) < 4.78 is 40.3. The van der Waals surface area contributed by atoms with Gasteiger partial charge in [-0.3, -0.25) is 19.1 Å². The zero-order valence-electron chi connectivity index (χ0n) is 33.4. The first-order valence-electron chi connectivity index (χ1n) is 20.5. The number of nitrogens with one attached hydrogen (secondary N) is 2. The van der Waals surface area contributed by atoms with Crippen LogP contribution in [0, 0.1) is 18.3 Å². The van der Waals surface area contributed by atoms with Crippen molar-refractivity contribution in [3.05, 3.63) is 96.6 Å². The Bertz CT molecular complexity index is 2360. The van der Waals surface area contributed by atoms with Crippen molar-refractivity contribution >= 4 is 44.2 Å². The molecule has 0 unspecified atom stereocenters. The molecule has 1 saturated heterocycles. The monoisotopic (exact) mass is 804 g/mol. The normalized spacial score (nSPS) is 26.4. The Labute approximate surface area is 340 Å². The third-order valence-electron chi connectivity index (χ3n) is 12.6. The van der Waals surface area contributed by atoms with E-state index in [4.69, 9.17) is 14.5 Å². The van der Waals surface area contributed by atoms with Crippen LogP contribution in [0.25, 0.3) is 22.2 Å². The van der Waals surface area contributed by atoms with Crippen LogP contribution in [-0.4, -0.2) is 72.5 Å². The van der Waals surface area contributed by atoms with Gasteiger partial charge in [0.1, 0.15) is 23.6 Å². The summed E-state index contributed by atoms with van der Waals surface area (Å²) in [5.41, 5.74) is 2.94. The predicted molar refractivity (Wildman–Crippen MR) is 224 cm³/mol. The number of sulfonamides is 1. The lowest BCUT2D eigenvalue weighted by Crippen LogP contribution is -2.49. The maximum Gasteiger partial charge on any atom is 0.245 e. The summed E-state index contributed by atoms with van der Waals surface area (Å²) in [5, 5.41) is 4.26. The maximum absolute atomic E-state index is 14.9. The molecule has 304 valence electrons. The van der Waals surface area contributed by atoms with Gasteiger partial charge >= 0.3 is 0 Å². The molecule has 0 radical (unpaired) electrons. The van der Waals surface area contributed by atoms with Crippen LogP contribution in [0.1, 0.15) is 76.7 Å². The molecule has 2 amide bonds. The van der Waals surface area contributed by atoms with Gasteiger partial charge < -0.3 is 19.7 Å². The molecular formula is C46H52N4O7S. The lowest BCUT2D eigenvalue weighted by molar-refractivity contribution is -0.139. The topological polar surface area (TPSA) is 144 Å². The van der Waals surface area contributed by atoms with Crippen molar-refractivity contribution in [2.24, 2.45) is 11.3 Å². The zero-order chi connectivity index (χ0) is 40.7. The van der Waals surface area contributed by atoms with Gasteiger partial charge in [0.15, 0.2) is 5.78 Å². The van der Waals surface area contributed by atoms with E-state index in [0.717, 1.165) is 47.9 Å². The molecule has 5 atom stereocenters. The largest absolute Gasteiger partial charge is 0.497 e. The number of methoxy groups -OCH3 is 1. The molecule has 11 nitrogen and oxygen atoms in total. The van der Waals surface area contributed by atoms with Gasteiger partial charge in [0.05, 0.1) is 41.1 Å². The number of fused-ring (bicyclic) bond motifs is 3. The van der Waals surface area contributed by atoms with E-state index in [0.29, 0.717) is 48.4 Å². The number of hydrogen-bond acceptors (Lipinski definition) is 9. The zero-order valence-corrected chi connectivity index (χ0v) is 34.2. The van der Waals surface area contributed by atoms with E-state index >= 15 is 0 Å². The number of benzene rings is 3. The Kier molecular flexibility index (Phi) is 10.8. The summed E-state index contributed by atoms with van der Waals surface area (Å²) in [6, 6.07) is 23.7. The predicted octanol–water partition coefficient (Wildman–Crippen LogP) is 7.53. The van der Waals surface area contributed by atoms with E-state index in [2.05, 4.69) is 16.1 Å². The average molecular weight is 805 g/mol. The highest BCUT2D eigenvalue weighted by Gasteiger charge is 2.62. The Hall–Kier alpha value is -5.23. The van der Waals surface area contributed by atoms with Gasteiger partial charge in [0.2, 0.25) is 21.8 Å². The summed E-state index contributed by atoms with van der Waals surface area (Å²) in [6.45, 7) is 3.79. The van der Waals surface area contributed by atoms with Gasteiger partial charge in [0.25, 0.3) is 0 Å². The second-order valence-electron chi connectivity index (χ2n) is 16.9. The van der Waals surface area contributed by atoms with E-state index in [1.807, 2.05) is 91.9 Å². The highest BCUT2D eigenvalue weighted by atomic mass is 32.2. The second-order valence-corrected chi connectivity index (χ2v) is 19.1. The molecule has 3 aromatic carbocycles. The van der Waals surface area contributed by atoms with Crippen molar-refractivity contribution < 1.29 is 32.3 Å². The van der Waals surface area contributed by atoms with Crippen LogP contribution in [0.2, 0.25) is 0 Å². The van der Waals surface area contributed by atoms with E-state index in [-0.39, 0.29) is 37.0 Å². The fourth-order valence-electron chi connectivity index (χ4n) is 8.56. The van der Waals surface area contributed by atoms with E-state index < -0.39 is 44.3 Å². The summed E-state index contributed by atoms with van der Waals surface area (Å²) in [4.78, 5) is 50.3. The molecule has 8 rings (SSSR count).